The fourth-order valence-electron chi connectivity index (χ4n) is 2.55. The third kappa shape index (κ3) is 6.38. The molecule has 10 heteroatoms. The number of nitrogens with one attached hydrogen (secondary N) is 1. The van der Waals surface area contributed by atoms with Crippen LogP contribution in [-0.2, 0) is 0 Å². The standard InChI is InChI=1S/C21H17BrF3N3O2S/c1-2-30-16-9-5-13(6-10-16)17-12-31-20(26-17)28-27-19(21(23,24)25)11-18(29)14-3-7-15(22)8-4-14/h3-10,12H,2,11H2,1H3,(H,26,28)/b27-19+. The molecule has 1 aromatic heterocycles. The largest absolute Gasteiger partial charge is 0.494 e. The Morgan fingerprint density at radius 3 is 2.45 bits per heavy atom. The zero-order valence-corrected chi connectivity index (χ0v) is 18.6. The van der Waals surface area contributed by atoms with Crippen molar-refractivity contribution in [3.05, 3.63) is 63.9 Å². The summed E-state index contributed by atoms with van der Waals surface area (Å²) in [5.74, 6) is 0.0364. The van der Waals surface area contributed by atoms with Crippen LogP contribution >= 0.6 is 27.3 Å². The van der Waals surface area contributed by atoms with E-state index in [2.05, 4.69) is 31.4 Å². The molecule has 0 saturated heterocycles. The Morgan fingerprint density at radius 1 is 1.16 bits per heavy atom. The first-order valence-corrected chi connectivity index (χ1v) is 10.8. The molecule has 0 atom stereocenters. The van der Waals surface area contributed by atoms with Crippen molar-refractivity contribution in [1.29, 1.82) is 0 Å². The van der Waals surface area contributed by atoms with E-state index in [0.29, 0.717) is 12.3 Å². The van der Waals surface area contributed by atoms with Gasteiger partial charge in [-0.1, -0.05) is 28.1 Å². The lowest BCUT2D eigenvalue weighted by Gasteiger charge is -2.10. The van der Waals surface area contributed by atoms with Gasteiger partial charge < -0.3 is 4.74 Å². The first-order chi connectivity index (χ1) is 14.8. The zero-order valence-electron chi connectivity index (χ0n) is 16.2. The molecule has 5 nitrogen and oxygen atoms in total. The van der Waals surface area contributed by atoms with E-state index in [1.54, 1.807) is 29.6 Å². The van der Waals surface area contributed by atoms with E-state index in [1.165, 1.54) is 12.1 Å². The summed E-state index contributed by atoms with van der Waals surface area (Å²) in [5, 5.41) is 5.32. The molecule has 3 rings (SSSR count). The molecule has 162 valence electrons. The van der Waals surface area contributed by atoms with Gasteiger partial charge in [-0.25, -0.2) is 4.98 Å². The topological polar surface area (TPSA) is 63.6 Å². The minimum absolute atomic E-state index is 0.173. The molecular weight excluding hydrogens is 495 g/mol. The molecule has 1 N–H and O–H groups in total. The van der Waals surface area contributed by atoms with Crippen molar-refractivity contribution in [3.63, 3.8) is 0 Å². The molecule has 3 aromatic rings. The Hall–Kier alpha value is -2.72. The highest BCUT2D eigenvalue weighted by Gasteiger charge is 2.37. The third-order valence-corrected chi connectivity index (χ3v) is 5.35. The first-order valence-electron chi connectivity index (χ1n) is 9.13. The monoisotopic (exact) mass is 511 g/mol. The predicted molar refractivity (Wildman–Crippen MR) is 119 cm³/mol. The Bertz CT molecular complexity index is 1060. The number of thiazole rings is 1. The quantitative estimate of drug-likeness (QED) is 0.211. The Balaban J connectivity index is 1.72. The van der Waals surface area contributed by atoms with Gasteiger partial charge in [-0.15, -0.1) is 11.3 Å². The van der Waals surface area contributed by atoms with Crippen LogP contribution in [0.25, 0.3) is 11.3 Å². The van der Waals surface area contributed by atoms with Crippen molar-refractivity contribution in [2.45, 2.75) is 19.5 Å². The second-order valence-corrected chi connectivity index (χ2v) is 8.04. The lowest BCUT2D eigenvalue weighted by atomic mass is 10.1. The van der Waals surface area contributed by atoms with Crippen LogP contribution in [0.5, 0.6) is 5.75 Å². The number of carbonyl (C=O) groups excluding carboxylic acids is 1. The van der Waals surface area contributed by atoms with E-state index < -0.39 is 24.1 Å². The van der Waals surface area contributed by atoms with Crippen LogP contribution in [0.4, 0.5) is 18.3 Å². The number of ether oxygens (including phenoxy) is 1. The van der Waals surface area contributed by atoms with Gasteiger partial charge in [0.25, 0.3) is 0 Å². The number of hydrogen-bond donors (Lipinski definition) is 1. The second kappa shape index (κ2) is 10.1. The fraction of sp³-hybridized carbons (Fsp3) is 0.190. The second-order valence-electron chi connectivity index (χ2n) is 6.27. The number of aromatic nitrogens is 1. The molecule has 0 aliphatic heterocycles. The van der Waals surface area contributed by atoms with E-state index in [0.717, 1.165) is 27.1 Å². The lowest BCUT2D eigenvalue weighted by molar-refractivity contribution is -0.0602. The molecule has 31 heavy (non-hydrogen) atoms. The number of carbonyl (C=O) groups is 1. The van der Waals surface area contributed by atoms with Gasteiger partial charge in [0.1, 0.15) is 11.5 Å². The summed E-state index contributed by atoms with van der Waals surface area (Å²) in [6.07, 6.45) is -5.64. The van der Waals surface area contributed by atoms with Gasteiger partial charge in [0.05, 0.1) is 18.7 Å². The Labute approximate surface area is 189 Å². The highest BCUT2D eigenvalue weighted by molar-refractivity contribution is 9.10. The van der Waals surface area contributed by atoms with Crippen molar-refractivity contribution in [2.24, 2.45) is 5.10 Å². The predicted octanol–water partition coefficient (Wildman–Crippen LogP) is 6.57. The number of nitrogens with zero attached hydrogens (tertiary/aromatic N) is 2. The molecule has 2 aromatic carbocycles. The first kappa shape index (κ1) is 23.0. The zero-order chi connectivity index (χ0) is 22.4. The van der Waals surface area contributed by atoms with Gasteiger partial charge in [-0.05, 0) is 43.3 Å². The molecule has 0 fully saturated rings. The van der Waals surface area contributed by atoms with Crippen LogP contribution in [0.15, 0.2) is 63.5 Å². The number of halogens is 4. The van der Waals surface area contributed by atoms with Crippen molar-refractivity contribution in [1.82, 2.24) is 4.98 Å². The fourth-order valence-corrected chi connectivity index (χ4v) is 3.48. The highest BCUT2D eigenvalue weighted by atomic mass is 79.9. The molecule has 0 spiro atoms. The summed E-state index contributed by atoms with van der Waals surface area (Å²) >= 11 is 4.33. The summed E-state index contributed by atoms with van der Waals surface area (Å²) in [6, 6.07) is 13.3. The van der Waals surface area contributed by atoms with Crippen molar-refractivity contribution >= 4 is 43.9 Å². The molecule has 1 heterocycles. The SMILES string of the molecule is CCOc1ccc(-c2csc(N/N=C(\CC(=O)c3ccc(Br)cc3)C(F)(F)F)n2)cc1. The smallest absolute Gasteiger partial charge is 0.431 e. The number of benzene rings is 2. The van der Waals surface area contributed by atoms with E-state index in [4.69, 9.17) is 4.74 Å². The lowest BCUT2D eigenvalue weighted by Crippen LogP contribution is -2.27. The summed E-state index contributed by atoms with van der Waals surface area (Å²) in [7, 11) is 0. The average molecular weight is 512 g/mol. The Kier molecular flexibility index (Phi) is 7.45. The minimum Gasteiger partial charge on any atom is -0.494 e. The number of Topliss-reactive ketones (excluding diaryl/α,β-unsaturated/α-hetero) is 1. The van der Waals surface area contributed by atoms with Crippen molar-refractivity contribution < 1.29 is 22.7 Å². The van der Waals surface area contributed by atoms with Crippen LogP contribution in [-0.4, -0.2) is 29.3 Å². The van der Waals surface area contributed by atoms with Crippen LogP contribution < -0.4 is 10.2 Å². The normalized spacial score (nSPS) is 12.0. The van der Waals surface area contributed by atoms with Crippen molar-refractivity contribution in [3.8, 4) is 17.0 Å². The minimum atomic E-state index is -4.76. The van der Waals surface area contributed by atoms with Gasteiger partial charge in [0.2, 0.25) is 5.13 Å². The summed E-state index contributed by atoms with van der Waals surface area (Å²) < 4.78 is 46.2. The van der Waals surface area contributed by atoms with E-state index in [-0.39, 0.29) is 10.7 Å². The van der Waals surface area contributed by atoms with Gasteiger partial charge in [-0.3, -0.25) is 10.2 Å². The maximum absolute atomic E-state index is 13.4. The molecule has 0 aliphatic carbocycles. The number of ketones is 1. The molecule has 0 saturated carbocycles. The number of hydrogen-bond acceptors (Lipinski definition) is 6. The summed E-state index contributed by atoms with van der Waals surface area (Å²) in [4.78, 5) is 16.5. The van der Waals surface area contributed by atoms with Gasteiger partial charge in [0, 0.05) is 21.0 Å². The molecule has 0 unspecified atom stereocenters. The summed E-state index contributed by atoms with van der Waals surface area (Å²) in [6.45, 7) is 2.43. The van der Waals surface area contributed by atoms with Crippen molar-refractivity contribution in [2.75, 3.05) is 12.0 Å². The highest BCUT2D eigenvalue weighted by Crippen LogP contribution is 2.27. The summed E-state index contributed by atoms with van der Waals surface area (Å²) in [5.41, 5.74) is 2.66. The van der Waals surface area contributed by atoms with Gasteiger partial charge in [0.15, 0.2) is 5.78 Å². The van der Waals surface area contributed by atoms with Crippen LogP contribution in [0, 0.1) is 0 Å². The third-order valence-electron chi connectivity index (χ3n) is 4.07. The van der Waals surface area contributed by atoms with E-state index >= 15 is 0 Å². The van der Waals surface area contributed by atoms with Crippen LogP contribution in [0.1, 0.15) is 23.7 Å². The maximum Gasteiger partial charge on any atom is 0.431 e. The van der Waals surface area contributed by atoms with E-state index in [9.17, 15) is 18.0 Å². The number of alkyl halides is 3. The molecule has 0 aliphatic rings. The number of rotatable bonds is 8. The number of anilines is 1. The molecular formula is C21H17BrF3N3O2S. The Morgan fingerprint density at radius 2 is 1.84 bits per heavy atom. The molecule has 0 bridgehead atoms. The average Bonchev–Trinajstić information content (AvgIpc) is 3.20. The maximum atomic E-state index is 13.4. The van der Waals surface area contributed by atoms with Crippen LogP contribution in [0.3, 0.4) is 0 Å². The molecule has 0 radical (unpaired) electrons. The molecule has 0 amide bonds. The van der Waals surface area contributed by atoms with E-state index in [1.807, 2.05) is 19.1 Å². The number of hydrazone groups is 1. The van der Waals surface area contributed by atoms with Gasteiger partial charge in [-0.2, -0.15) is 18.3 Å². The van der Waals surface area contributed by atoms with Gasteiger partial charge >= 0.3 is 6.18 Å². The van der Waals surface area contributed by atoms with Crippen LogP contribution in [0.2, 0.25) is 0 Å².